The molecule has 0 unspecified atom stereocenters. The van der Waals surface area contributed by atoms with Crippen molar-refractivity contribution < 1.29 is 9.32 Å². The van der Waals surface area contributed by atoms with E-state index in [4.69, 9.17) is 4.52 Å². The minimum atomic E-state index is 0.0699. The van der Waals surface area contributed by atoms with Crippen LogP contribution in [-0.4, -0.2) is 49.0 Å². The van der Waals surface area contributed by atoms with Crippen molar-refractivity contribution in [3.8, 4) is 11.5 Å². The first-order chi connectivity index (χ1) is 12.7. The van der Waals surface area contributed by atoms with Gasteiger partial charge in [-0.25, -0.2) is 9.97 Å². The monoisotopic (exact) mass is 370 g/mol. The summed E-state index contributed by atoms with van der Waals surface area (Å²) in [7, 11) is 0. The first-order valence-electron chi connectivity index (χ1n) is 8.49. The van der Waals surface area contributed by atoms with Crippen LogP contribution in [0, 0.1) is 12.8 Å². The molecule has 0 aromatic carbocycles. The Morgan fingerprint density at radius 2 is 2.31 bits per heavy atom. The van der Waals surface area contributed by atoms with Crippen molar-refractivity contribution in [2.24, 2.45) is 5.92 Å². The molecule has 134 valence electrons. The predicted molar refractivity (Wildman–Crippen MR) is 94.5 cm³/mol. The normalized spacial score (nSPS) is 17.4. The van der Waals surface area contributed by atoms with E-state index in [-0.39, 0.29) is 5.91 Å². The van der Waals surface area contributed by atoms with E-state index < -0.39 is 0 Å². The lowest BCUT2D eigenvalue weighted by molar-refractivity contribution is 0.0672. The van der Waals surface area contributed by atoms with Crippen LogP contribution in [0.4, 0.5) is 0 Å². The van der Waals surface area contributed by atoms with Gasteiger partial charge in [-0.1, -0.05) is 5.16 Å². The zero-order valence-electron chi connectivity index (χ0n) is 14.3. The Hall–Kier alpha value is -2.68. The van der Waals surface area contributed by atoms with Crippen molar-refractivity contribution in [2.45, 2.75) is 26.2 Å². The third-order valence-corrected chi connectivity index (χ3v) is 5.39. The van der Waals surface area contributed by atoms with Crippen LogP contribution >= 0.6 is 11.3 Å². The maximum Gasteiger partial charge on any atom is 0.265 e. The van der Waals surface area contributed by atoms with Crippen LogP contribution in [0.3, 0.4) is 0 Å². The number of hydrogen-bond donors (Lipinski definition) is 0. The summed E-state index contributed by atoms with van der Waals surface area (Å²) in [5.74, 6) is 1.38. The third kappa shape index (κ3) is 3.48. The SMILES string of the molecule is Cc1ncsc1C(=O)N1CCC[C@H](Cc2nc(-c3cnccn3)no2)C1. The Labute approximate surface area is 154 Å². The van der Waals surface area contributed by atoms with Crippen LogP contribution in [0.15, 0.2) is 28.6 Å². The van der Waals surface area contributed by atoms with Crippen molar-refractivity contribution in [1.82, 2.24) is 30.0 Å². The van der Waals surface area contributed by atoms with E-state index in [1.807, 2.05) is 11.8 Å². The topological polar surface area (TPSA) is 97.9 Å². The molecule has 0 bridgehead atoms. The van der Waals surface area contributed by atoms with Gasteiger partial charge in [0.1, 0.15) is 10.6 Å². The Balaban J connectivity index is 1.42. The Kier molecular flexibility index (Phi) is 4.70. The molecule has 3 aromatic heterocycles. The molecule has 4 rings (SSSR count). The Morgan fingerprint density at radius 3 is 3.08 bits per heavy atom. The van der Waals surface area contributed by atoms with Gasteiger partial charge >= 0.3 is 0 Å². The number of nitrogens with zero attached hydrogens (tertiary/aromatic N) is 6. The molecule has 3 aromatic rings. The highest BCUT2D eigenvalue weighted by Crippen LogP contribution is 2.24. The minimum Gasteiger partial charge on any atom is -0.339 e. The highest BCUT2D eigenvalue weighted by atomic mass is 32.1. The minimum absolute atomic E-state index is 0.0699. The van der Waals surface area contributed by atoms with E-state index in [2.05, 4.69) is 25.1 Å². The highest BCUT2D eigenvalue weighted by Gasteiger charge is 2.27. The summed E-state index contributed by atoms with van der Waals surface area (Å²) in [5.41, 5.74) is 3.10. The molecule has 1 saturated heterocycles. The van der Waals surface area contributed by atoms with Crippen molar-refractivity contribution in [3.05, 3.63) is 40.6 Å². The zero-order valence-corrected chi connectivity index (χ0v) is 15.1. The van der Waals surface area contributed by atoms with Crippen LogP contribution < -0.4 is 0 Å². The Morgan fingerprint density at radius 1 is 1.38 bits per heavy atom. The second-order valence-electron chi connectivity index (χ2n) is 6.33. The van der Waals surface area contributed by atoms with E-state index in [1.165, 1.54) is 11.3 Å². The van der Waals surface area contributed by atoms with Crippen molar-refractivity contribution >= 4 is 17.2 Å². The molecule has 0 N–H and O–H groups in total. The summed E-state index contributed by atoms with van der Waals surface area (Å²) < 4.78 is 5.37. The Bertz CT molecular complexity index is 894. The van der Waals surface area contributed by atoms with Crippen LogP contribution in [0.5, 0.6) is 0 Å². The van der Waals surface area contributed by atoms with Crippen molar-refractivity contribution in [3.63, 3.8) is 0 Å². The van der Waals surface area contributed by atoms with Crippen LogP contribution in [0.2, 0.25) is 0 Å². The fourth-order valence-corrected chi connectivity index (χ4v) is 3.94. The van der Waals surface area contributed by atoms with Gasteiger partial charge in [0.2, 0.25) is 11.7 Å². The third-order valence-electron chi connectivity index (χ3n) is 4.47. The van der Waals surface area contributed by atoms with E-state index >= 15 is 0 Å². The molecule has 0 aliphatic carbocycles. The van der Waals surface area contributed by atoms with Gasteiger partial charge in [-0.2, -0.15) is 4.98 Å². The number of hydrogen-bond acceptors (Lipinski definition) is 8. The van der Waals surface area contributed by atoms with E-state index in [0.29, 0.717) is 36.3 Å². The second kappa shape index (κ2) is 7.28. The lowest BCUT2D eigenvalue weighted by Crippen LogP contribution is -2.40. The summed E-state index contributed by atoms with van der Waals surface area (Å²) >= 11 is 1.40. The standard InChI is InChI=1S/C17H18N6O2S/c1-11-15(26-10-20-11)17(24)23-6-2-3-12(9-23)7-14-21-16(22-25-14)13-8-18-4-5-19-13/h4-5,8,10,12H,2-3,6-7,9H2,1H3/t12-/m1/s1. The van der Waals surface area contributed by atoms with Gasteiger partial charge in [0.15, 0.2) is 0 Å². The number of amides is 1. The van der Waals surface area contributed by atoms with E-state index in [1.54, 1.807) is 24.1 Å². The summed E-state index contributed by atoms with van der Waals surface area (Å²) in [4.78, 5) is 32.1. The number of piperidine rings is 1. The molecule has 8 nitrogen and oxygen atoms in total. The largest absolute Gasteiger partial charge is 0.339 e. The zero-order chi connectivity index (χ0) is 17.9. The highest BCUT2D eigenvalue weighted by molar-refractivity contribution is 7.11. The number of aryl methyl sites for hydroxylation is 1. The van der Waals surface area contributed by atoms with Crippen LogP contribution in [0.1, 0.15) is 34.1 Å². The molecule has 1 amide bonds. The molecule has 1 aliphatic rings. The van der Waals surface area contributed by atoms with E-state index in [0.717, 1.165) is 30.0 Å². The smallest absolute Gasteiger partial charge is 0.265 e. The number of carbonyl (C=O) groups is 1. The molecule has 1 fully saturated rings. The van der Waals surface area contributed by atoms with Gasteiger partial charge in [0.05, 0.1) is 17.4 Å². The number of carbonyl (C=O) groups excluding carboxylic acids is 1. The van der Waals surface area contributed by atoms with Crippen LogP contribution in [0.25, 0.3) is 11.5 Å². The van der Waals surface area contributed by atoms with Gasteiger partial charge in [0.25, 0.3) is 5.91 Å². The molecule has 26 heavy (non-hydrogen) atoms. The van der Waals surface area contributed by atoms with Gasteiger partial charge in [-0.05, 0) is 25.7 Å². The number of thiazole rings is 1. The molecule has 0 radical (unpaired) electrons. The average Bonchev–Trinajstić information content (AvgIpc) is 3.31. The van der Waals surface area contributed by atoms with Crippen molar-refractivity contribution in [2.75, 3.05) is 13.1 Å². The quantitative estimate of drug-likeness (QED) is 0.695. The average molecular weight is 370 g/mol. The van der Waals surface area contributed by atoms with Gasteiger partial charge in [-0.15, -0.1) is 11.3 Å². The molecule has 9 heteroatoms. The molecular weight excluding hydrogens is 352 g/mol. The molecule has 0 saturated carbocycles. The van der Waals surface area contributed by atoms with Gasteiger partial charge < -0.3 is 9.42 Å². The number of rotatable bonds is 4. The molecule has 4 heterocycles. The first-order valence-corrected chi connectivity index (χ1v) is 9.37. The lowest BCUT2D eigenvalue weighted by Gasteiger charge is -2.32. The van der Waals surface area contributed by atoms with Crippen LogP contribution in [-0.2, 0) is 6.42 Å². The second-order valence-corrected chi connectivity index (χ2v) is 7.19. The fraction of sp³-hybridized carbons (Fsp3) is 0.412. The maximum absolute atomic E-state index is 12.7. The summed E-state index contributed by atoms with van der Waals surface area (Å²) in [6.07, 6.45) is 7.46. The fourth-order valence-electron chi connectivity index (χ4n) is 3.17. The lowest BCUT2D eigenvalue weighted by atomic mass is 9.94. The number of likely N-dealkylation sites (tertiary alicyclic amines) is 1. The van der Waals surface area contributed by atoms with Crippen molar-refractivity contribution in [1.29, 1.82) is 0 Å². The molecule has 1 atom stereocenters. The molecular formula is C17H18N6O2S. The molecule has 0 spiro atoms. The number of aromatic nitrogens is 5. The summed E-state index contributed by atoms with van der Waals surface area (Å²) in [5, 5.41) is 3.98. The first kappa shape index (κ1) is 16.8. The van der Waals surface area contributed by atoms with E-state index in [9.17, 15) is 4.79 Å². The maximum atomic E-state index is 12.7. The summed E-state index contributed by atoms with van der Waals surface area (Å²) in [6.45, 7) is 3.35. The predicted octanol–water partition coefficient (Wildman–Crippen LogP) is 2.39. The molecule has 1 aliphatic heterocycles. The van der Waals surface area contributed by atoms with Gasteiger partial charge in [0, 0.05) is 31.9 Å². The van der Waals surface area contributed by atoms with Gasteiger partial charge in [-0.3, -0.25) is 9.78 Å². The summed E-state index contributed by atoms with van der Waals surface area (Å²) in [6, 6.07) is 0.